The number of rotatable bonds is 7. The summed E-state index contributed by atoms with van der Waals surface area (Å²) in [4.78, 5) is 23.8. The first-order valence-electron chi connectivity index (χ1n) is 8.57. The van der Waals surface area contributed by atoms with Gasteiger partial charge in [0.2, 0.25) is 5.91 Å². The number of halogens is 1. The van der Waals surface area contributed by atoms with Crippen LogP contribution in [0.3, 0.4) is 0 Å². The van der Waals surface area contributed by atoms with E-state index in [-0.39, 0.29) is 18.2 Å². The Morgan fingerprint density at radius 3 is 2.42 bits per heavy atom. The van der Waals surface area contributed by atoms with Gasteiger partial charge in [0, 0.05) is 16.3 Å². The predicted octanol–water partition coefficient (Wildman–Crippen LogP) is 3.30. The van der Waals surface area contributed by atoms with Crippen LogP contribution in [0.25, 0.3) is 5.69 Å². The Labute approximate surface area is 158 Å². The van der Waals surface area contributed by atoms with Gasteiger partial charge in [0.15, 0.2) is 0 Å². The number of aromatic nitrogens is 2. The lowest BCUT2D eigenvalue weighted by Crippen LogP contribution is -2.45. The first-order valence-corrected chi connectivity index (χ1v) is 8.95. The molecule has 1 aromatic heterocycles. The normalized spacial score (nSPS) is 13.3. The summed E-state index contributed by atoms with van der Waals surface area (Å²) in [6, 6.07) is 6.39. The van der Waals surface area contributed by atoms with Crippen molar-refractivity contribution in [1.82, 2.24) is 15.1 Å². The van der Waals surface area contributed by atoms with Gasteiger partial charge in [-0.3, -0.25) is 4.79 Å². The average molecular weight is 378 g/mol. The van der Waals surface area contributed by atoms with Crippen LogP contribution >= 0.6 is 11.6 Å². The van der Waals surface area contributed by atoms with Crippen molar-refractivity contribution in [3.63, 3.8) is 0 Å². The van der Waals surface area contributed by atoms with Gasteiger partial charge in [-0.15, -0.1) is 0 Å². The highest BCUT2D eigenvalue weighted by Gasteiger charge is 2.26. The minimum absolute atomic E-state index is 0.0888. The monoisotopic (exact) mass is 377 g/mol. The maximum atomic E-state index is 12.4. The van der Waals surface area contributed by atoms with Gasteiger partial charge in [-0.1, -0.05) is 31.9 Å². The summed E-state index contributed by atoms with van der Waals surface area (Å²) in [5.41, 5.74) is 3.23. The molecule has 2 aromatic rings. The van der Waals surface area contributed by atoms with E-state index in [4.69, 9.17) is 11.6 Å². The van der Waals surface area contributed by atoms with Crippen molar-refractivity contribution in [3.05, 3.63) is 46.2 Å². The highest BCUT2D eigenvalue weighted by atomic mass is 35.5. The molecule has 2 atom stereocenters. The maximum Gasteiger partial charge on any atom is 0.326 e. The predicted molar refractivity (Wildman–Crippen MR) is 101 cm³/mol. The number of carboxylic acid groups (broad SMARTS) is 1. The lowest BCUT2D eigenvalue weighted by Gasteiger charge is -2.20. The summed E-state index contributed by atoms with van der Waals surface area (Å²) in [6.07, 6.45) is 0.759. The van der Waals surface area contributed by atoms with Crippen LogP contribution in [-0.2, 0) is 16.0 Å². The summed E-state index contributed by atoms with van der Waals surface area (Å²) in [7, 11) is 0. The molecule has 7 heteroatoms. The second kappa shape index (κ2) is 8.36. The van der Waals surface area contributed by atoms with Crippen LogP contribution in [0, 0.1) is 19.8 Å². The largest absolute Gasteiger partial charge is 0.480 e. The molecule has 0 fully saturated rings. The van der Waals surface area contributed by atoms with E-state index < -0.39 is 12.0 Å². The fourth-order valence-corrected chi connectivity index (χ4v) is 2.96. The Morgan fingerprint density at radius 1 is 1.27 bits per heavy atom. The second-order valence-corrected chi connectivity index (χ2v) is 6.92. The zero-order valence-electron chi connectivity index (χ0n) is 15.4. The van der Waals surface area contributed by atoms with Crippen LogP contribution in [0.15, 0.2) is 24.3 Å². The Kier molecular flexibility index (Phi) is 6.42. The molecule has 6 nitrogen and oxygen atoms in total. The lowest BCUT2D eigenvalue weighted by molar-refractivity contribution is -0.143. The van der Waals surface area contributed by atoms with E-state index in [1.807, 2.05) is 39.8 Å². The van der Waals surface area contributed by atoms with Gasteiger partial charge in [0.05, 0.1) is 17.8 Å². The molecular weight excluding hydrogens is 354 g/mol. The molecule has 0 aliphatic carbocycles. The molecule has 0 radical (unpaired) electrons. The molecule has 0 aliphatic rings. The quantitative estimate of drug-likeness (QED) is 0.775. The van der Waals surface area contributed by atoms with Gasteiger partial charge in [-0.2, -0.15) is 5.10 Å². The number of amides is 1. The molecule has 0 saturated carbocycles. The molecule has 0 bridgehead atoms. The van der Waals surface area contributed by atoms with Crippen LogP contribution in [0.5, 0.6) is 0 Å². The third-order valence-electron chi connectivity index (χ3n) is 4.65. The number of aryl methyl sites for hydroxylation is 1. The van der Waals surface area contributed by atoms with Gasteiger partial charge in [-0.05, 0) is 44.0 Å². The Hall–Kier alpha value is -2.34. The van der Waals surface area contributed by atoms with Crippen molar-refractivity contribution in [3.8, 4) is 5.69 Å². The minimum Gasteiger partial charge on any atom is -0.480 e. The van der Waals surface area contributed by atoms with Crippen molar-refractivity contribution in [1.29, 1.82) is 0 Å². The van der Waals surface area contributed by atoms with E-state index in [1.54, 1.807) is 16.8 Å². The lowest BCUT2D eigenvalue weighted by atomic mass is 9.99. The third-order valence-corrected chi connectivity index (χ3v) is 4.90. The smallest absolute Gasteiger partial charge is 0.326 e. The number of benzene rings is 1. The van der Waals surface area contributed by atoms with Crippen LogP contribution < -0.4 is 5.32 Å². The topological polar surface area (TPSA) is 84.2 Å². The number of carbonyl (C=O) groups excluding carboxylic acids is 1. The van der Waals surface area contributed by atoms with Crippen LogP contribution in [-0.4, -0.2) is 32.8 Å². The molecule has 1 aromatic carbocycles. The summed E-state index contributed by atoms with van der Waals surface area (Å²) in [6.45, 7) is 7.44. The number of aliphatic carboxylic acids is 1. The molecule has 0 spiro atoms. The van der Waals surface area contributed by atoms with Gasteiger partial charge >= 0.3 is 5.97 Å². The van der Waals surface area contributed by atoms with Crippen LogP contribution in [0.2, 0.25) is 5.02 Å². The molecule has 0 saturated heterocycles. The molecule has 26 heavy (non-hydrogen) atoms. The molecule has 0 unspecified atom stereocenters. The fraction of sp³-hybridized carbons (Fsp3) is 0.421. The molecule has 0 aliphatic heterocycles. The van der Waals surface area contributed by atoms with Crippen molar-refractivity contribution in [2.45, 2.75) is 46.6 Å². The zero-order valence-corrected chi connectivity index (χ0v) is 16.2. The summed E-state index contributed by atoms with van der Waals surface area (Å²) in [5.74, 6) is -1.48. The molecule has 1 heterocycles. The first kappa shape index (κ1) is 20.0. The summed E-state index contributed by atoms with van der Waals surface area (Å²) >= 11 is 5.93. The van der Waals surface area contributed by atoms with E-state index in [1.165, 1.54) is 0 Å². The van der Waals surface area contributed by atoms with E-state index in [0.717, 1.165) is 22.6 Å². The highest BCUT2D eigenvalue weighted by Crippen LogP contribution is 2.20. The molecule has 1 amide bonds. The van der Waals surface area contributed by atoms with Crippen LogP contribution in [0.1, 0.15) is 37.2 Å². The molecule has 140 valence electrons. The molecular formula is C19H24ClN3O3. The number of hydrogen-bond donors (Lipinski definition) is 2. The van der Waals surface area contributed by atoms with Gasteiger partial charge in [0.25, 0.3) is 0 Å². The van der Waals surface area contributed by atoms with Gasteiger partial charge < -0.3 is 10.4 Å². The Balaban J connectivity index is 2.20. The average Bonchev–Trinajstić information content (AvgIpc) is 2.87. The van der Waals surface area contributed by atoms with Gasteiger partial charge in [-0.25, -0.2) is 9.48 Å². The molecule has 2 rings (SSSR count). The third kappa shape index (κ3) is 4.43. The van der Waals surface area contributed by atoms with Gasteiger partial charge in [0.1, 0.15) is 6.04 Å². The summed E-state index contributed by atoms with van der Waals surface area (Å²) < 4.78 is 1.76. The Morgan fingerprint density at radius 2 is 1.88 bits per heavy atom. The standard InChI is InChI=1S/C19H24ClN3O3/c1-5-11(2)18(19(25)26)21-17(24)10-16-12(3)22-23(13(16)4)15-8-6-14(20)7-9-15/h6-9,11,18H,5,10H2,1-4H3,(H,21,24)(H,25,26)/t11-,18-/m0/s1. The highest BCUT2D eigenvalue weighted by molar-refractivity contribution is 6.30. The van der Waals surface area contributed by atoms with Crippen molar-refractivity contribution in [2.75, 3.05) is 0 Å². The Bertz CT molecular complexity index is 799. The van der Waals surface area contributed by atoms with Crippen molar-refractivity contribution >= 4 is 23.5 Å². The number of hydrogen-bond acceptors (Lipinski definition) is 3. The molecule has 2 N–H and O–H groups in total. The SMILES string of the molecule is CC[C@H](C)[C@H](NC(=O)Cc1c(C)nn(-c2ccc(Cl)cc2)c1C)C(=O)O. The van der Waals surface area contributed by atoms with E-state index in [2.05, 4.69) is 10.4 Å². The number of nitrogens with zero attached hydrogens (tertiary/aromatic N) is 2. The van der Waals surface area contributed by atoms with Crippen molar-refractivity contribution in [2.24, 2.45) is 5.92 Å². The van der Waals surface area contributed by atoms with Crippen LogP contribution in [0.4, 0.5) is 0 Å². The minimum atomic E-state index is -1.02. The first-order chi connectivity index (χ1) is 12.2. The fourth-order valence-electron chi connectivity index (χ4n) is 2.83. The van der Waals surface area contributed by atoms with E-state index in [9.17, 15) is 14.7 Å². The zero-order chi connectivity index (χ0) is 19.4. The number of carboxylic acids is 1. The van der Waals surface area contributed by atoms with E-state index >= 15 is 0 Å². The second-order valence-electron chi connectivity index (χ2n) is 6.48. The summed E-state index contributed by atoms with van der Waals surface area (Å²) in [5, 5.41) is 17.1. The number of carbonyl (C=O) groups is 2. The van der Waals surface area contributed by atoms with E-state index in [0.29, 0.717) is 11.4 Å². The number of nitrogens with one attached hydrogen (secondary N) is 1. The van der Waals surface area contributed by atoms with Crippen molar-refractivity contribution < 1.29 is 14.7 Å². The maximum absolute atomic E-state index is 12.4.